The maximum atomic E-state index is 6.01. The number of hydrogen-bond donors (Lipinski definition) is 2. The minimum Gasteiger partial charge on any atom is -0.356 e. The minimum atomic E-state index is -0.668. The molecule has 3 nitrogen and oxygen atoms in total. The SMILES string of the molecule is C[C@@H](NC(=S)N[C@@H](c1ccccc1)[C@H](c1ccccc1)N(C)C)C1=C(P(c2ccccc2)c2ccccc2)C=CC1. The molecule has 208 valence electrons. The van der Waals surface area contributed by atoms with Gasteiger partial charge in [0.2, 0.25) is 0 Å². The third-order valence-electron chi connectivity index (χ3n) is 7.54. The molecule has 0 bridgehead atoms. The lowest BCUT2D eigenvalue weighted by atomic mass is 9.92. The van der Waals surface area contributed by atoms with Crippen LogP contribution >= 0.6 is 20.1 Å². The van der Waals surface area contributed by atoms with Crippen molar-refractivity contribution in [1.29, 1.82) is 0 Å². The largest absolute Gasteiger partial charge is 0.356 e. The highest BCUT2D eigenvalue weighted by molar-refractivity contribution is 7.80. The van der Waals surface area contributed by atoms with E-state index in [1.54, 1.807) is 0 Å². The maximum Gasteiger partial charge on any atom is 0.167 e. The van der Waals surface area contributed by atoms with Gasteiger partial charge in [-0.1, -0.05) is 133 Å². The van der Waals surface area contributed by atoms with Crippen LogP contribution in [0.1, 0.15) is 36.6 Å². The lowest BCUT2D eigenvalue weighted by molar-refractivity contribution is 0.246. The van der Waals surface area contributed by atoms with Gasteiger partial charge >= 0.3 is 0 Å². The summed E-state index contributed by atoms with van der Waals surface area (Å²) >= 11 is 6.01. The Bertz CT molecular complexity index is 1430. The Morgan fingerprint density at radius 1 is 0.707 bits per heavy atom. The van der Waals surface area contributed by atoms with Crippen molar-refractivity contribution in [3.05, 3.63) is 155 Å². The molecular weight excluding hydrogens is 537 g/mol. The van der Waals surface area contributed by atoms with Gasteiger partial charge in [0, 0.05) is 6.04 Å². The van der Waals surface area contributed by atoms with Gasteiger partial charge in [-0.25, -0.2) is 0 Å². The van der Waals surface area contributed by atoms with Crippen molar-refractivity contribution >= 4 is 35.9 Å². The van der Waals surface area contributed by atoms with E-state index in [9.17, 15) is 0 Å². The van der Waals surface area contributed by atoms with E-state index in [-0.39, 0.29) is 18.1 Å². The van der Waals surface area contributed by atoms with Gasteiger partial charge in [0.25, 0.3) is 0 Å². The molecule has 1 aliphatic rings. The van der Waals surface area contributed by atoms with Gasteiger partial charge in [-0.3, -0.25) is 0 Å². The van der Waals surface area contributed by atoms with E-state index in [1.165, 1.54) is 32.6 Å². The van der Waals surface area contributed by atoms with E-state index in [0.29, 0.717) is 5.11 Å². The first-order chi connectivity index (χ1) is 20.0. The summed E-state index contributed by atoms with van der Waals surface area (Å²) in [5.74, 6) is 0. The van der Waals surface area contributed by atoms with Crippen LogP contribution in [-0.4, -0.2) is 30.1 Å². The summed E-state index contributed by atoms with van der Waals surface area (Å²) < 4.78 is 0. The van der Waals surface area contributed by atoms with Crippen LogP contribution in [-0.2, 0) is 0 Å². The molecule has 0 radical (unpaired) electrons. The number of nitrogens with zero attached hydrogens (tertiary/aromatic N) is 1. The number of nitrogens with one attached hydrogen (secondary N) is 2. The summed E-state index contributed by atoms with van der Waals surface area (Å²) in [6.07, 6.45) is 5.56. The molecular formula is C36H38N3PS. The summed E-state index contributed by atoms with van der Waals surface area (Å²) in [4.78, 5) is 2.26. The Balaban J connectivity index is 1.42. The van der Waals surface area contributed by atoms with Crippen molar-refractivity contribution in [2.45, 2.75) is 31.5 Å². The Morgan fingerprint density at radius 3 is 1.71 bits per heavy atom. The molecule has 0 aliphatic heterocycles. The highest BCUT2D eigenvalue weighted by atomic mass is 32.1. The van der Waals surface area contributed by atoms with E-state index in [0.717, 1.165) is 6.42 Å². The van der Waals surface area contributed by atoms with E-state index >= 15 is 0 Å². The van der Waals surface area contributed by atoms with Crippen LogP contribution in [0.15, 0.2) is 144 Å². The van der Waals surface area contributed by atoms with Gasteiger partial charge in [0.15, 0.2) is 5.11 Å². The normalized spacial score (nSPS) is 15.1. The Morgan fingerprint density at radius 2 is 1.20 bits per heavy atom. The first-order valence-electron chi connectivity index (χ1n) is 14.2. The highest BCUT2D eigenvalue weighted by Crippen LogP contribution is 2.48. The number of likely N-dealkylation sites (N-methyl/N-ethyl adjacent to an activating group) is 1. The number of allylic oxidation sites excluding steroid dienone is 3. The third kappa shape index (κ3) is 7.02. The molecule has 41 heavy (non-hydrogen) atoms. The number of rotatable bonds is 10. The molecule has 5 heteroatoms. The second kappa shape index (κ2) is 13.9. The first kappa shape index (κ1) is 29.0. The Kier molecular flexibility index (Phi) is 9.80. The molecule has 3 atom stereocenters. The first-order valence-corrected chi connectivity index (χ1v) is 15.9. The molecule has 0 aromatic heterocycles. The molecule has 0 saturated heterocycles. The highest BCUT2D eigenvalue weighted by Gasteiger charge is 2.29. The monoisotopic (exact) mass is 575 g/mol. The van der Waals surface area contributed by atoms with Crippen molar-refractivity contribution in [1.82, 2.24) is 15.5 Å². The lowest BCUT2D eigenvalue weighted by Gasteiger charge is -2.35. The molecule has 0 heterocycles. The third-order valence-corrected chi connectivity index (χ3v) is 10.3. The fourth-order valence-corrected chi connectivity index (χ4v) is 8.54. The van der Waals surface area contributed by atoms with Crippen molar-refractivity contribution in [3.63, 3.8) is 0 Å². The van der Waals surface area contributed by atoms with Crippen LogP contribution in [0.5, 0.6) is 0 Å². The Labute approximate surface area is 251 Å². The number of thiocarbonyl (C=S) groups is 1. The quantitative estimate of drug-likeness (QED) is 0.154. The second-order valence-corrected chi connectivity index (χ2v) is 13.2. The predicted octanol–water partition coefficient (Wildman–Crippen LogP) is 7.23. The molecule has 4 aromatic carbocycles. The predicted molar refractivity (Wildman–Crippen MR) is 180 cm³/mol. The van der Waals surface area contributed by atoms with Crippen LogP contribution < -0.4 is 21.2 Å². The average molecular weight is 576 g/mol. The van der Waals surface area contributed by atoms with E-state index in [2.05, 4.69) is 170 Å². The van der Waals surface area contributed by atoms with Crippen molar-refractivity contribution < 1.29 is 0 Å². The van der Waals surface area contributed by atoms with Gasteiger partial charge in [-0.2, -0.15) is 0 Å². The van der Waals surface area contributed by atoms with Gasteiger partial charge < -0.3 is 15.5 Å². The fraction of sp³-hybridized carbons (Fsp3) is 0.194. The molecule has 5 rings (SSSR count). The maximum absolute atomic E-state index is 6.01. The Hall–Kier alpha value is -3.56. The number of benzene rings is 4. The average Bonchev–Trinajstić information content (AvgIpc) is 3.48. The van der Waals surface area contributed by atoms with Crippen LogP contribution in [0.2, 0.25) is 0 Å². The molecule has 1 aliphatic carbocycles. The molecule has 2 N–H and O–H groups in total. The van der Waals surface area contributed by atoms with Gasteiger partial charge in [0.1, 0.15) is 0 Å². The van der Waals surface area contributed by atoms with E-state index in [1.807, 2.05) is 0 Å². The van der Waals surface area contributed by atoms with E-state index < -0.39 is 7.92 Å². The molecule has 0 saturated carbocycles. The summed E-state index contributed by atoms with van der Waals surface area (Å²) in [6, 6.07) is 43.2. The van der Waals surface area contributed by atoms with Crippen LogP contribution in [0.25, 0.3) is 0 Å². The van der Waals surface area contributed by atoms with Crippen LogP contribution in [0, 0.1) is 0 Å². The summed E-state index contributed by atoms with van der Waals surface area (Å²) in [5, 5.41) is 12.2. The molecule has 0 amide bonds. The summed E-state index contributed by atoms with van der Waals surface area (Å²) in [5.41, 5.74) is 3.85. The van der Waals surface area contributed by atoms with E-state index in [4.69, 9.17) is 12.2 Å². The van der Waals surface area contributed by atoms with Crippen LogP contribution in [0.4, 0.5) is 0 Å². The zero-order valence-corrected chi connectivity index (χ0v) is 25.7. The molecule has 0 fully saturated rings. The van der Waals surface area contributed by atoms with Gasteiger partial charge in [-0.05, 0) is 80.2 Å². The van der Waals surface area contributed by atoms with Gasteiger partial charge in [0.05, 0.1) is 12.1 Å². The minimum absolute atomic E-state index is 0.0262. The fourth-order valence-electron chi connectivity index (χ4n) is 5.62. The van der Waals surface area contributed by atoms with Crippen LogP contribution in [0.3, 0.4) is 0 Å². The molecule has 4 aromatic rings. The standard InChI is InChI=1S/C36H38N3PS/c1-27(32-25-16-26-33(32)40(30-21-12-6-13-22-30)31-23-14-7-15-24-31)37-36(41)38-34(28-17-8-4-9-18-28)35(39(2)3)29-19-10-5-11-20-29/h4-24,26-27,34-35H,25H2,1-3H3,(H2,37,38,41)/t27-,34+,35+/m1/s1. The topological polar surface area (TPSA) is 27.3 Å². The van der Waals surface area contributed by atoms with Crippen molar-refractivity contribution in [3.8, 4) is 0 Å². The second-order valence-electron chi connectivity index (χ2n) is 10.6. The van der Waals surface area contributed by atoms with Crippen molar-refractivity contribution in [2.75, 3.05) is 14.1 Å². The molecule has 0 unspecified atom stereocenters. The molecule has 0 spiro atoms. The van der Waals surface area contributed by atoms with Gasteiger partial charge in [-0.15, -0.1) is 0 Å². The summed E-state index contributed by atoms with van der Waals surface area (Å²) in [6.45, 7) is 2.23. The lowest BCUT2D eigenvalue weighted by Crippen LogP contribution is -2.46. The zero-order valence-electron chi connectivity index (χ0n) is 23.9. The smallest absolute Gasteiger partial charge is 0.167 e. The van der Waals surface area contributed by atoms with Crippen molar-refractivity contribution in [2.24, 2.45) is 0 Å². The number of hydrogen-bond acceptors (Lipinski definition) is 2. The zero-order chi connectivity index (χ0) is 28.6. The summed E-state index contributed by atoms with van der Waals surface area (Å²) in [7, 11) is 3.59.